The normalized spacial score (nSPS) is 15.6. The molecule has 3 rings (SSSR count). The maximum atomic E-state index is 12.1. The zero-order valence-corrected chi connectivity index (χ0v) is 16.6. The van der Waals surface area contributed by atoms with Crippen LogP contribution in [0.25, 0.3) is 11.1 Å². The molecule has 0 unspecified atom stereocenters. The third-order valence-corrected chi connectivity index (χ3v) is 4.80. The Kier molecular flexibility index (Phi) is 6.17. The fourth-order valence-electron chi connectivity index (χ4n) is 3.30. The van der Waals surface area contributed by atoms with E-state index in [2.05, 4.69) is 53.8 Å². The van der Waals surface area contributed by atoms with E-state index in [1.54, 1.807) is 0 Å². The molecule has 1 N–H and O–H groups in total. The van der Waals surface area contributed by atoms with Gasteiger partial charge in [0.15, 0.2) is 0 Å². The number of piperidine rings is 1. The average molecular weight is 367 g/mol. The molecule has 144 valence electrons. The van der Waals surface area contributed by atoms with Crippen molar-refractivity contribution in [3.8, 4) is 11.1 Å². The van der Waals surface area contributed by atoms with Gasteiger partial charge < -0.3 is 15.0 Å². The van der Waals surface area contributed by atoms with Crippen molar-refractivity contribution in [1.82, 2.24) is 10.2 Å². The molecule has 0 saturated carbocycles. The maximum Gasteiger partial charge on any atom is 0.410 e. The molecule has 0 bridgehead atoms. The van der Waals surface area contributed by atoms with Gasteiger partial charge in [-0.25, -0.2) is 4.79 Å². The molecule has 1 aliphatic heterocycles. The molecule has 0 aliphatic carbocycles. The van der Waals surface area contributed by atoms with Crippen LogP contribution in [0.5, 0.6) is 0 Å². The van der Waals surface area contributed by atoms with Crippen LogP contribution in [0.4, 0.5) is 4.79 Å². The Morgan fingerprint density at radius 2 is 1.59 bits per heavy atom. The van der Waals surface area contributed by atoms with Gasteiger partial charge in [0.2, 0.25) is 0 Å². The smallest absolute Gasteiger partial charge is 0.410 e. The van der Waals surface area contributed by atoms with E-state index < -0.39 is 5.60 Å². The highest BCUT2D eigenvalue weighted by molar-refractivity contribution is 5.68. The highest BCUT2D eigenvalue weighted by Gasteiger charge is 2.26. The Labute approximate surface area is 162 Å². The molecule has 1 heterocycles. The molecule has 0 aromatic heterocycles. The number of carbonyl (C=O) groups excluding carboxylic acids is 1. The van der Waals surface area contributed by atoms with Gasteiger partial charge in [0, 0.05) is 25.7 Å². The molecule has 1 saturated heterocycles. The van der Waals surface area contributed by atoms with E-state index in [1.807, 2.05) is 31.7 Å². The first-order chi connectivity index (χ1) is 12.9. The summed E-state index contributed by atoms with van der Waals surface area (Å²) in [5, 5.41) is 3.63. The molecule has 2 aromatic carbocycles. The van der Waals surface area contributed by atoms with Crippen molar-refractivity contribution in [2.45, 2.75) is 51.8 Å². The Bertz CT molecular complexity index is 727. The van der Waals surface area contributed by atoms with Crippen LogP contribution in [-0.4, -0.2) is 35.7 Å². The summed E-state index contributed by atoms with van der Waals surface area (Å²) in [6, 6.07) is 19.6. The van der Waals surface area contributed by atoms with Crippen molar-refractivity contribution in [2.75, 3.05) is 13.1 Å². The predicted octanol–water partition coefficient (Wildman–Crippen LogP) is 4.84. The summed E-state index contributed by atoms with van der Waals surface area (Å²) in [5.74, 6) is 0. The molecule has 27 heavy (non-hydrogen) atoms. The van der Waals surface area contributed by atoms with Gasteiger partial charge in [-0.1, -0.05) is 54.6 Å². The molecule has 1 aliphatic rings. The third-order valence-electron chi connectivity index (χ3n) is 4.80. The Morgan fingerprint density at radius 3 is 2.19 bits per heavy atom. The number of carbonyl (C=O) groups is 1. The number of hydrogen-bond acceptors (Lipinski definition) is 3. The van der Waals surface area contributed by atoms with Crippen LogP contribution < -0.4 is 5.32 Å². The van der Waals surface area contributed by atoms with E-state index in [0.717, 1.165) is 32.5 Å². The fourth-order valence-corrected chi connectivity index (χ4v) is 3.30. The Morgan fingerprint density at radius 1 is 1.00 bits per heavy atom. The maximum absolute atomic E-state index is 12.1. The predicted molar refractivity (Wildman–Crippen MR) is 110 cm³/mol. The molecule has 1 fully saturated rings. The summed E-state index contributed by atoms with van der Waals surface area (Å²) < 4.78 is 5.46. The quantitative estimate of drug-likeness (QED) is 0.841. The zero-order chi connectivity index (χ0) is 19.3. The summed E-state index contributed by atoms with van der Waals surface area (Å²) >= 11 is 0. The molecular formula is C23H30N2O2. The van der Waals surface area contributed by atoms with Crippen LogP contribution in [0.15, 0.2) is 54.6 Å². The van der Waals surface area contributed by atoms with Gasteiger partial charge in [0.05, 0.1) is 0 Å². The van der Waals surface area contributed by atoms with Crippen molar-refractivity contribution < 1.29 is 9.53 Å². The van der Waals surface area contributed by atoms with Crippen LogP contribution in [0, 0.1) is 0 Å². The second kappa shape index (κ2) is 8.57. The highest BCUT2D eigenvalue weighted by Crippen LogP contribution is 2.20. The number of rotatable bonds is 4. The zero-order valence-electron chi connectivity index (χ0n) is 16.6. The van der Waals surface area contributed by atoms with E-state index in [4.69, 9.17) is 4.74 Å². The first-order valence-corrected chi connectivity index (χ1v) is 9.76. The number of likely N-dealkylation sites (tertiary alicyclic amines) is 1. The van der Waals surface area contributed by atoms with Crippen LogP contribution in [0.3, 0.4) is 0 Å². The van der Waals surface area contributed by atoms with E-state index in [0.29, 0.717) is 6.04 Å². The topological polar surface area (TPSA) is 41.6 Å². The van der Waals surface area contributed by atoms with E-state index >= 15 is 0 Å². The number of hydrogen-bond donors (Lipinski definition) is 1. The molecule has 0 radical (unpaired) electrons. The van der Waals surface area contributed by atoms with Crippen LogP contribution >= 0.6 is 0 Å². The Balaban J connectivity index is 1.44. The van der Waals surface area contributed by atoms with Gasteiger partial charge in [0.25, 0.3) is 0 Å². The minimum absolute atomic E-state index is 0.197. The van der Waals surface area contributed by atoms with Crippen molar-refractivity contribution in [3.05, 3.63) is 60.2 Å². The second-order valence-corrected chi connectivity index (χ2v) is 8.19. The number of amides is 1. The molecule has 0 spiro atoms. The summed E-state index contributed by atoms with van der Waals surface area (Å²) in [5.41, 5.74) is 3.33. The molecular weight excluding hydrogens is 336 g/mol. The number of benzene rings is 2. The first-order valence-electron chi connectivity index (χ1n) is 9.76. The molecule has 1 amide bonds. The van der Waals surface area contributed by atoms with Crippen molar-refractivity contribution in [1.29, 1.82) is 0 Å². The highest BCUT2D eigenvalue weighted by atomic mass is 16.6. The van der Waals surface area contributed by atoms with Gasteiger partial charge in [-0.05, 0) is 50.3 Å². The van der Waals surface area contributed by atoms with Gasteiger partial charge in [-0.15, -0.1) is 0 Å². The summed E-state index contributed by atoms with van der Waals surface area (Å²) in [7, 11) is 0. The minimum atomic E-state index is -0.432. The lowest BCUT2D eigenvalue weighted by Crippen LogP contribution is -2.46. The molecule has 4 heteroatoms. The van der Waals surface area contributed by atoms with E-state index in [1.165, 1.54) is 16.7 Å². The Hall–Kier alpha value is -2.33. The van der Waals surface area contributed by atoms with Crippen molar-refractivity contribution in [2.24, 2.45) is 0 Å². The number of ether oxygens (including phenoxy) is 1. The third kappa shape index (κ3) is 5.83. The lowest BCUT2D eigenvalue weighted by Gasteiger charge is -2.33. The van der Waals surface area contributed by atoms with E-state index in [-0.39, 0.29) is 6.09 Å². The van der Waals surface area contributed by atoms with Gasteiger partial charge >= 0.3 is 6.09 Å². The van der Waals surface area contributed by atoms with Crippen molar-refractivity contribution in [3.63, 3.8) is 0 Å². The fraction of sp³-hybridized carbons (Fsp3) is 0.435. The first kappa shape index (κ1) is 19.4. The van der Waals surface area contributed by atoms with Gasteiger partial charge in [-0.2, -0.15) is 0 Å². The van der Waals surface area contributed by atoms with Gasteiger partial charge in [0.1, 0.15) is 5.60 Å². The molecule has 0 atom stereocenters. The molecule has 4 nitrogen and oxygen atoms in total. The molecule has 2 aromatic rings. The number of nitrogens with zero attached hydrogens (tertiary/aromatic N) is 1. The van der Waals surface area contributed by atoms with Crippen LogP contribution in [-0.2, 0) is 11.3 Å². The van der Waals surface area contributed by atoms with Crippen LogP contribution in [0.1, 0.15) is 39.2 Å². The minimum Gasteiger partial charge on any atom is -0.444 e. The number of nitrogens with one attached hydrogen (secondary N) is 1. The average Bonchev–Trinajstić information content (AvgIpc) is 2.66. The standard InChI is InChI=1S/C23H30N2O2/c1-23(2,3)27-22(26)25-15-13-21(14-16-25)24-17-18-9-11-20(12-10-18)19-7-5-4-6-8-19/h4-12,21,24H,13-17H2,1-3H3. The van der Waals surface area contributed by atoms with Crippen molar-refractivity contribution >= 4 is 6.09 Å². The summed E-state index contributed by atoms with van der Waals surface area (Å²) in [6.07, 6.45) is 1.72. The lowest BCUT2D eigenvalue weighted by molar-refractivity contribution is 0.0198. The summed E-state index contributed by atoms with van der Waals surface area (Å²) in [4.78, 5) is 13.9. The monoisotopic (exact) mass is 366 g/mol. The van der Waals surface area contributed by atoms with Crippen LogP contribution in [0.2, 0.25) is 0 Å². The van der Waals surface area contributed by atoms with E-state index in [9.17, 15) is 4.79 Å². The lowest BCUT2D eigenvalue weighted by atomic mass is 10.0. The summed E-state index contributed by atoms with van der Waals surface area (Å²) in [6.45, 7) is 8.07. The SMILES string of the molecule is CC(C)(C)OC(=O)N1CCC(NCc2ccc(-c3ccccc3)cc2)CC1. The van der Waals surface area contributed by atoms with Gasteiger partial charge in [-0.3, -0.25) is 0 Å². The largest absolute Gasteiger partial charge is 0.444 e. The second-order valence-electron chi connectivity index (χ2n) is 8.19.